The van der Waals surface area contributed by atoms with Gasteiger partial charge in [0.1, 0.15) is 24.0 Å². The van der Waals surface area contributed by atoms with Crippen LogP contribution in [0.25, 0.3) is 11.6 Å². The van der Waals surface area contributed by atoms with E-state index in [1.807, 2.05) is 0 Å². The van der Waals surface area contributed by atoms with Crippen LogP contribution >= 0.6 is 0 Å². The first-order valence-electron chi connectivity index (χ1n) is 9.88. The second-order valence-corrected chi connectivity index (χ2v) is 9.63. The maximum Gasteiger partial charge on any atom is 0.211 e. The Morgan fingerprint density at radius 3 is 2.32 bits per heavy atom. The first-order valence-corrected chi connectivity index (χ1v) is 11.7. The minimum atomic E-state index is -3.16. The number of hydrogen-bond donors (Lipinski definition) is 0. The van der Waals surface area contributed by atoms with Gasteiger partial charge in [-0.1, -0.05) is 6.07 Å². The van der Waals surface area contributed by atoms with Crippen LogP contribution in [0.15, 0.2) is 36.4 Å². The molecule has 0 atom stereocenters. The number of fused-ring (bicyclic) bond motifs is 1. The van der Waals surface area contributed by atoms with Crippen molar-refractivity contribution in [2.75, 3.05) is 45.6 Å². The molecule has 1 aliphatic heterocycles. The average molecular weight is 448 g/mol. The van der Waals surface area contributed by atoms with Crippen molar-refractivity contribution in [1.29, 1.82) is 0 Å². The molecule has 0 radical (unpaired) electrons. The van der Waals surface area contributed by atoms with E-state index in [-0.39, 0.29) is 16.9 Å². The molecule has 2 aromatic carbocycles. The van der Waals surface area contributed by atoms with Gasteiger partial charge in [-0.05, 0) is 41.5 Å². The van der Waals surface area contributed by atoms with Crippen LogP contribution in [-0.2, 0) is 10.0 Å². The summed E-state index contributed by atoms with van der Waals surface area (Å²) in [6.07, 6.45) is 2.84. The molecule has 0 bridgehead atoms. The molecule has 31 heavy (non-hydrogen) atoms. The highest BCUT2D eigenvalue weighted by atomic mass is 32.2. The topological polar surface area (TPSA) is 66.9 Å². The van der Waals surface area contributed by atoms with Crippen molar-refractivity contribution in [2.45, 2.75) is 0 Å². The molecule has 0 N–H and O–H groups in total. The monoisotopic (exact) mass is 448 g/mol. The normalized spacial score (nSPS) is 17.5. The van der Waals surface area contributed by atoms with Crippen molar-refractivity contribution < 1.29 is 26.7 Å². The van der Waals surface area contributed by atoms with Gasteiger partial charge in [-0.3, -0.25) is 9.69 Å². The number of allylic oxidation sites excluding steroid dienone is 1. The highest BCUT2D eigenvalue weighted by Gasteiger charge is 2.26. The molecule has 0 spiro atoms. The number of benzene rings is 2. The molecule has 2 aliphatic rings. The number of sulfonamides is 1. The van der Waals surface area contributed by atoms with Crippen LogP contribution in [0.2, 0.25) is 0 Å². The first-order chi connectivity index (χ1) is 14.7. The Morgan fingerprint density at radius 2 is 1.68 bits per heavy atom. The number of carbonyl (C=O) groups is 1. The average Bonchev–Trinajstić information content (AvgIpc) is 3.03. The van der Waals surface area contributed by atoms with E-state index < -0.39 is 21.7 Å². The van der Waals surface area contributed by atoms with Crippen LogP contribution < -0.4 is 4.74 Å². The van der Waals surface area contributed by atoms with E-state index >= 15 is 0 Å². The molecule has 1 saturated heterocycles. The third-order valence-electron chi connectivity index (χ3n) is 5.46. The first kappa shape index (κ1) is 21.6. The standard InChI is InChI=1S/C22H22F2N2O4S/c1-31(28,29)26-6-4-25(5-7-26)8-9-30-19-3-2-15-12-20(22(27)21(15)14-19)16-10-17(23)13-18(24)11-16/h2-3,10-14H,4-9H2,1H3. The quantitative estimate of drug-likeness (QED) is 0.680. The van der Waals surface area contributed by atoms with Crippen molar-refractivity contribution in [3.8, 4) is 5.75 Å². The minimum absolute atomic E-state index is 0.203. The lowest BCUT2D eigenvalue weighted by Gasteiger charge is -2.33. The molecular formula is C22H22F2N2O4S. The lowest BCUT2D eigenvalue weighted by atomic mass is 10.0. The number of hydrogen-bond acceptors (Lipinski definition) is 5. The third kappa shape index (κ3) is 4.84. The third-order valence-corrected chi connectivity index (χ3v) is 6.77. The van der Waals surface area contributed by atoms with Gasteiger partial charge in [0, 0.05) is 49.9 Å². The molecule has 6 nitrogen and oxygen atoms in total. The molecule has 9 heteroatoms. The van der Waals surface area contributed by atoms with Crippen molar-refractivity contribution in [3.63, 3.8) is 0 Å². The molecule has 0 saturated carbocycles. The second-order valence-electron chi connectivity index (χ2n) is 7.65. The van der Waals surface area contributed by atoms with Gasteiger partial charge in [-0.15, -0.1) is 0 Å². The number of ether oxygens (including phenoxy) is 1. The van der Waals surface area contributed by atoms with Crippen LogP contribution in [0, 0.1) is 11.6 Å². The molecule has 164 valence electrons. The lowest BCUT2D eigenvalue weighted by molar-refractivity contribution is 0.105. The van der Waals surface area contributed by atoms with Gasteiger partial charge in [0.05, 0.1) is 6.26 Å². The number of Topliss-reactive ketones (excluding diaryl/α,β-unsaturated/α-hetero) is 1. The maximum absolute atomic E-state index is 13.5. The number of carbonyl (C=O) groups excluding carboxylic acids is 1. The molecule has 1 heterocycles. The zero-order valence-electron chi connectivity index (χ0n) is 17.0. The van der Waals surface area contributed by atoms with Gasteiger partial charge < -0.3 is 4.74 Å². The summed E-state index contributed by atoms with van der Waals surface area (Å²) >= 11 is 0. The largest absolute Gasteiger partial charge is 0.492 e. The number of piperazine rings is 1. The molecule has 1 fully saturated rings. The van der Waals surface area contributed by atoms with E-state index in [4.69, 9.17) is 4.74 Å². The summed E-state index contributed by atoms with van der Waals surface area (Å²) in [5.74, 6) is -1.24. The zero-order chi connectivity index (χ0) is 22.2. The number of nitrogens with zero attached hydrogens (tertiary/aromatic N) is 2. The van der Waals surface area contributed by atoms with Gasteiger partial charge in [0.25, 0.3) is 0 Å². The fourth-order valence-corrected chi connectivity index (χ4v) is 4.64. The highest BCUT2D eigenvalue weighted by molar-refractivity contribution is 7.88. The van der Waals surface area contributed by atoms with E-state index in [2.05, 4.69) is 4.90 Å². The summed E-state index contributed by atoms with van der Waals surface area (Å²) in [7, 11) is -3.16. The van der Waals surface area contributed by atoms with Gasteiger partial charge in [-0.25, -0.2) is 17.2 Å². The van der Waals surface area contributed by atoms with Crippen molar-refractivity contribution in [2.24, 2.45) is 0 Å². The molecule has 2 aromatic rings. The Bertz CT molecular complexity index is 1140. The Labute approximate surface area is 179 Å². The number of ketones is 1. The summed E-state index contributed by atoms with van der Waals surface area (Å²) in [5.41, 5.74) is 1.55. The fraction of sp³-hybridized carbons (Fsp3) is 0.318. The highest BCUT2D eigenvalue weighted by Crippen LogP contribution is 2.34. The van der Waals surface area contributed by atoms with Crippen LogP contribution in [0.5, 0.6) is 5.75 Å². The Balaban J connectivity index is 1.35. The van der Waals surface area contributed by atoms with Gasteiger partial charge in [0.15, 0.2) is 5.78 Å². The Kier molecular flexibility index (Phi) is 5.92. The second kappa shape index (κ2) is 8.49. The van der Waals surface area contributed by atoms with Gasteiger partial charge >= 0.3 is 0 Å². The van der Waals surface area contributed by atoms with Gasteiger partial charge in [-0.2, -0.15) is 4.31 Å². The Hall–Kier alpha value is -2.62. The smallest absolute Gasteiger partial charge is 0.211 e. The van der Waals surface area contributed by atoms with Crippen LogP contribution in [0.4, 0.5) is 8.78 Å². The molecule has 0 aromatic heterocycles. The Morgan fingerprint density at radius 1 is 1.00 bits per heavy atom. The van der Waals surface area contributed by atoms with Crippen LogP contribution in [-0.4, -0.2) is 69.0 Å². The van der Waals surface area contributed by atoms with Gasteiger partial charge in [0.2, 0.25) is 10.0 Å². The zero-order valence-corrected chi connectivity index (χ0v) is 17.8. The lowest BCUT2D eigenvalue weighted by Crippen LogP contribution is -2.49. The summed E-state index contributed by atoms with van der Waals surface area (Å²) in [4.78, 5) is 14.9. The van der Waals surface area contributed by atoms with Crippen LogP contribution in [0.3, 0.4) is 0 Å². The molecule has 0 amide bonds. The van der Waals surface area contributed by atoms with E-state index in [1.165, 1.54) is 10.6 Å². The molecular weight excluding hydrogens is 426 g/mol. The summed E-state index contributed by atoms with van der Waals surface area (Å²) in [5, 5.41) is 0. The van der Waals surface area contributed by atoms with E-state index in [0.717, 1.165) is 18.2 Å². The van der Waals surface area contributed by atoms with Crippen LogP contribution in [0.1, 0.15) is 21.5 Å². The minimum Gasteiger partial charge on any atom is -0.492 e. The fourth-order valence-electron chi connectivity index (χ4n) is 3.81. The maximum atomic E-state index is 13.5. The summed E-state index contributed by atoms with van der Waals surface area (Å²) in [6.45, 7) is 3.21. The molecule has 1 aliphatic carbocycles. The summed E-state index contributed by atoms with van der Waals surface area (Å²) < 4.78 is 57.5. The predicted molar refractivity (Wildman–Crippen MR) is 113 cm³/mol. The van der Waals surface area contributed by atoms with Crippen molar-refractivity contribution in [1.82, 2.24) is 9.21 Å². The van der Waals surface area contributed by atoms with E-state index in [1.54, 1.807) is 24.3 Å². The van der Waals surface area contributed by atoms with E-state index in [0.29, 0.717) is 56.2 Å². The van der Waals surface area contributed by atoms with Crippen molar-refractivity contribution >= 4 is 27.5 Å². The predicted octanol–water partition coefficient (Wildman–Crippen LogP) is 2.66. The molecule has 0 unspecified atom stereocenters. The molecule has 4 rings (SSSR count). The number of rotatable bonds is 6. The summed E-state index contributed by atoms with van der Waals surface area (Å²) in [6, 6.07) is 8.18. The van der Waals surface area contributed by atoms with E-state index in [9.17, 15) is 22.0 Å². The van der Waals surface area contributed by atoms with Crippen molar-refractivity contribution in [3.05, 3.63) is 64.7 Å². The number of halogens is 2. The SMILES string of the molecule is CS(=O)(=O)N1CCN(CCOc2ccc3c(c2)C(=O)C(c2cc(F)cc(F)c2)=C3)CC1.